The summed E-state index contributed by atoms with van der Waals surface area (Å²) in [5.74, 6) is -0.100. The van der Waals surface area contributed by atoms with Crippen LogP contribution in [0.15, 0.2) is 109 Å². The Hall–Kier alpha value is -3.46. The van der Waals surface area contributed by atoms with E-state index in [9.17, 15) is 9.90 Å². The molecule has 5 heteroatoms. The summed E-state index contributed by atoms with van der Waals surface area (Å²) in [5, 5.41) is 13.3. The number of phenolic OH excluding ortho intramolecular Hbond substituents is 1. The molecule has 0 atom stereocenters. The zero-order chi connectivity index (χ0) is 23.1. The standard InChI is InChI=1S/C28H28NO3P/c29-19-23-18-22(16-17-27(23)30)20-32-28(31)21-33(24-10-4-1-5-11-24,25-12-6-2-7-13-25)26-14-8-3-9-15-26/h1-18,30,33H,19-21,29H2. The molecule has 168 valence electrons. The third kappa shape index (κ3) is 4.98. The fraction of sp³-hybridized carbons (Fsp3) is 0.107. The molecule has 0 unspecified atom stereocenters. The Labute approximate surface area is 195 Å². The van der Waals surface area contributed by atoms with Crippen molar-refractivity contribution in [3.63, 3.8) is 0 Å². The van der Waals surface area contributed by atoms with Gasteiger partial charge in [-0.25, -0.2) is 0 Å². The van der Waals surface area contributed by atoms with Crippen LogP contribution in [-0.4, -0.2) is 17.2 Å². The van der Waals surface area contributed by atoms with Crippen molar-refractivity contribution in [3.8, 4) is 5.75 Å². The Kier molecular flexibility index (Phi) is 7.19. The maximum atomic E-state index is 13.3. The van der Waals surface area contributed by atoms with Gasteiger partial charge in [0.1, 0.15) is 0 Å². The SMILES string of the molecule is NCc1cc(COC(=O)C[PH](c2ccccc2)(c2ccccc2)c2ccccc2)ccc1O. The van der Waals surface area contributed by atoms with Crippen molar-refractivity contribution in [1.82, 2.24) is 0 Å². The molecule has 0 bridgehead atoms. The quantitative estimate of drug-likeness (QED) is 0.313. The number of esters is 1. The third-order valence-corrected chi connectivity index (χ3v) is 10.7. The van der Waals surface area contributed by atoms with E-state index in [1.54, 1.807) is 18.2 Å². The Bertz CT molecular complexity index is 1100. The molecule has 0 aliphatic carbocycles. The Balaban J connectivity index is 1.70. The molecule has 33 heavy (non-hydrogen) atoms. The van der Waals surface area contributed by atoms with E-state index in [0.717, 1.165) is 21.5 Å². The zero-order valence-corrected chi connectivity index (χ0v) is 19.4. The average molecular weight is 458 g/mol. The predicted octanol–water partition coefficient (Wildman–Crippen LogP) is 3.62. The molecule has 0 fully saturated rings. The molecule has 0 amide bonds. The summed E-state index contributed by atoms with van der Waals surface area (Å²) in [5.41, 5.74) is 7.12. The van der Waals surface area contributed by atoms with Crippen molar-refractivity contribution >= 4 is 29.1 Å². The van der Waals surface area contributed by atoms with Crippen LogP contribution in [0.1, 0.15) is 11.1 Å². The summed E-state index contributed by atoms with van der Waals surface area (Å²) in [6, 6.07) is 36.0. The number of carbonyl (C=O) groups excluding carboxylic acids is 1. The van der Waals surface area contributed by atoms with Crippen LogP contribution in [0, 0.1) is 0 Å². The van der Waals surface area contributed by atoms with Gasteiger partial charge in [0, 0.05) is 0 Å². The second kappa shape index (κ2) is 10.4. The molecule has 4 nitrogen and oxygen atoms in total. The number of ether oxygens (including phenoxy) is 1. The topological polar surface area (TPSA) is 72.5 Å². The van der Waals surface area contributed by atoms with Crippen LogP contribution in [-0.2, 0) is 22.7 Å². The first-order valence-electron chi connectivity index (χ1n) is 11.0. The second-order valence-corrected chi connectivity index (χ2v) is 11.9. The summed E-state index contributed by atoms with van der Waals surface area (Å²) in [7, 11) is -2.69. The summed E-state index contributed by atoms with van der Waals surface area (Å²) < 4.78 is 5.76. The first-order chi connectivity index (χ1) is 16.1. The zero-order valence-electron chi connectivity index (χ0n) is 18.4. The van der Waals surface area contributed by atoms with E-state index in [1.807, 2.05) is 54.6 Å². The van der Waals surface area contributed by atoms with Gasteiger partial charge in [-0.15, -0.1) is 0 Å². The number of nitrogens with two attached hydrogens (primary N) is 1. The number of rotatable bonds is 8. The molecule has 0 heterocycles. The van der Waals surface area contributed by atoms with Gasteiger partial charge in [-0.3, -0.25) is 0 Å². The molecule has 0 aromatic heterocycles. The number of aromatic hydroxyl groups is 1. The molecule has 0 aliphatic heterocycles. The van der Waals surface area contributed by atoms with Gasteiger partial charge in [0.15, 0.2) is 0 Å². The van der Waals surface area contributed by atoms with Gasteiger partial charge in [-0.05, 0) is 0 Å². The molecule has 4 aromatic carbocycles. The van der Waals surface area contributed by atoms with Gasteiger partial charge < -0.3 is 0 Å². The maximum absolute atomic E-state index is 13.3. The number of hydrogen-bond donors (Lipinski definition) is 2. The van der Waals surface area contributed by atoms with Crippen LogP contribution in [0.3, 0.4) is 0 Å². The summed E-state index contributed by atoms with van der Waals surface area (Å²) >= 11 is 0. The molecular formula is C28H28NO3P. The fourth-order valence-electron chi connectivity index (χ4n) is 4.30. The van der Waals surface area contributed by atoms with Crippen LogP contribution in [0.25, 0.3) is 0 Å². The number of benzene rings is 4. The number of phenols is 1. The summed E-state index contributed by atoms with van der Waals surface area (Å²) in [6.45, 7) is 0.356. The molecule has 3 N–H and O–H groups in total. The van der Waals surface area contributed by atoms with Gasteiger partial charge in [-0.1, -0.05) is 0 Å². The van der Waals surface area contributed by atoms with E-state index >= 15 is 0 Å². The third-order valence-electron chi connectivity index (χ3n) is 5.97. The monoisotopic (exact) mass is 457 g/mol. The Morgan fingerprint density at radius 3 is 1.70 bits per heavy atom. The van der Waals surface area contributed by atoms with E-state index in [4.69, 9.17) is 10.5 Å². The molecule has 0 spiro atoms. The van der Waals surface area contributed by atoms with Gasteiger partial charge in [0.05, 0.1) is 0 Å². The van der Waals surface area contributed by atoms with Crippen molar-refractivity contribution in [2.75, 3.05) is 6.16 Å². The normalized spacial score (nSPS) is 11.7. The molecule has 4 rings (SSSR count). The molecule has 0 radical (unpaired) electrons. The Morgan fingerprint density at radius 2 is 1.24 bits per heavy atom. The predicted molar refractivity (Wildman–Crippen MR) is 137 cm³/mol. The molecule has 0 aliphatic rings. The molecule has 4 aromatic rings. The summed E-state index contributed by atoms with van der Waals surface area (Å²) in [4.78, 5) is 13.3. The van der Waals surface area contributed by atoms with Gasteiger partial charge >= 0.3 is 195 Å². The van der Waals surface area contributed by atoms with Crippen molar-refractivity contribution in [2.24, 2.45) is 5.73 Å². The van der Waals surface area contributed by atoms with Gasteiger partial charge in [0.2, 0.25) is 0 Å². The van der Waals surface area contributed by atoms with E-state index < -0.39 is 7.26 Å². The molecular weight excluding hydrogens is 429 g/mol. The van der Waals surface area contributed by atoms with Crippen molar-refractivity contribution < 1.29 is 14.6 Å². The van der Waals surface area contributed by atoms with Crippen molar-refractivity contribution in [2.45, 2.75) is 13.2 Å². The van der Waals surface area contributed by atoms with Gasteiger partial charge in [-0.2, -0.15) is 0 Å². The number of hydrogen-bond acceptors (Lipinski definition) is 4. The van der Waals surface area contributed by atoms with Crippen LogP contribution >= 0.6 is 7.26 Å². The van der Waals surface area contributed by atoms with Crippen LogP contribution in [0.5, 0.6) is 5.75 Å². The Morgan fingerprint density at radius 1 is 0.758 bits per heavy atom. The molecule has 0 saturated carbocycles. The average Bonchev–Trinajstić information content (AvgIpc) is 2.88. The summed E-state index contributed by atoms with van der Waals surface area (Å²) in [6.07, 6.45) is 0.285. The van der Waals surface area contributed by atoms with Crippen LogP contribution < -0.4 is 21.6 Å². The van der Waals surface area contributed by atoms with E-state index in [-0.39, 0.29) is 31.0 Å². The molecule has 0 saturated heterocycles. The first kappa shape index (κ1) is 22.7. The van der Waals surface area contributed by atoms with E-state index in [2.05, 4.69) is 36.4 Å². The number of carbonyl (C=O) groups is 1. The van der Waals surface area contributed by atoms with Crippen LogP contribution in [0.2, 0.25) is 0 Å². The van der Waals surface area contributed by atoms with Crippen molar-refractivity contribution in [3.05, 3.63) is 120 Å². The minimum atomic E-state index is -2.69. The second-order valence-electron chi connectivity index (χ2n) is 8.01. The van der Waals surface area contributed by atoms with Crippen molar-refractivity contribution in [1.29, 1.82) is 0 Å². The fourth-order valence-corrected chi connectivity index (χ4v) is 8.73. The van der Waals surface area contributed by atoms with Crippen LogP contribution in [0.4, 0.5) is 0 Å². The first-order valence-corrected chi connectivity index (χ1v) is 13.2. The van der Waals surface area contributed by atoms with Gasteiger partial charge in [0.25, 0.3) is 0 Å². The van der Waals surface area contributed by atoms with E-state index in [1.165, 1.54) is 0 Å². The minimum absolute atomic E-state index is 0.134. The van der Waals surface area contributed by atoms with E-state index in [0.29, 0.717) is 5.56 Å².